The lowest BCUT2D eigenvalue weighted by atomic mass is 9.98. The van der Waals surface area contributed by atoms with Gasteiger partial charge in [0.15, 0.2) is 0 Å². The number of hydrogen-bond donors (Lipinski definition) is 1. The average Bonchev–Trinajstić information content (AvgIpc) is 2.55. The van der Waals surface area contributed by atoms with Crippen molar-refractivity contribution in [2.45, 2.75) is 45.0 Å². The largest absolute Gasteiger partial charge is 0.444 e. The zero-order chi connectivity index (χ0) is 20.2. The molecule has 152 valence electrons. The molecule has 1 N–H and O–H groups in total. The lowest BCUT2D eigenvalue weighted by Gasteiger charge is -2.31. The normalized spacial score (nSPS) is 16.9. The maximum absolute atomic E-state index is 12.6. The summed E-state index contributed by atoms with van der Waals surface area (Å²) in [5.41, 5.74) is 0.0737. The molecule has 2 rings (SSSR count). The summed E-state index contributed by atoms with van der Waals surface area (Å²) in [5.74, 6) is 0.124. The van der Waals surface area contributed by atoms with Crippen molar-refractivity contribution in [1.82, 2.24) is 9.62 Å². The molecule has 1 aromatic rings. The molecule has 1 fully saturated rings. The van der Waals surface area contributed by atoms with Crippen LogP contribution in [0.5, 0.6) is 0 Å². The summed E-state index contributed by atoms with van der Waals surface area (Å²) in [4.78, 5) is 11.7. The van der Waals surface area contributed by atoms with Gasteiger partial charge in [0.1, 0.15) is 5.60 Å². The number of piperidine rings is 1. The van der Waals surface area contributed by atoms with Crippen molar-refractivity contribution in [3.63, 3.8) is 0 Å². The third kappa shape index (κ3) is 7.14. The van der Waals surface area contributed by atoms with Gasteiger partial charge in [-0.05, 0) is 57.2 Å². The highest BCUT2D eigenvalue weighted by molar-refractivity contribution is 7.88. The molecule has 6 nitrogen and oxygen atoms in total. The first-order valence-corrected chi connectivity index (χ1v) is 11.2. The van der Waals surface area contributed by atoms with Crippen LogP contribution in [-0.2, 0) is 20.5 Å². The zero-order valence-corrected chi connectivity index (χ0v) is 18.1. The molecule has 0 aromatic heterocycles. The Labute approximate surface area is 171 Å². The molecule has 9 heteroatoms. The molecule has 0 unspecified atom stereocenters. The summed E-state index contributed by atoms with van der Waals surface area (Å²) in [7, 11) is -3.43. The van der Waals surface area contributed by atoms with Crippen LogP contribution < -0.4 is 5.32 Å². The second-order valence-electron chi connectivity index (χ2n) is 7.73. The van der Waals surface area contributed by atoms with Gasteiger partial charge in [-0.1, -0.05) is 29.3 Å². The number of nitrogens with zero attached hydrogens (tertiary/aromatic N) is 1. The van der Waals surface area contributed by atoms with E-state index in [1.807, 2.05) is 20.8 Å². The van der Waals surface area contributed by atoms with Crippen LogP contribution in [-0.4, -0.2) is 44.1 Å². The van der Waals surface area contributed by atoms with E-state index in [1.54, 1.807) is 18.2 Å². The number of carbonyl (C=O) groups is 1. The van der Waals surface area contributed by atoms with Gasteiger partial charge in [0, 0.05) is 19.6 Å². The fourth-order valence-electron chi connectivity index (χ4n) is 2.86. The van der Waals surface area contributed by atoms with Crippen LogP contribution in [0.3, 0.4) is 0 Å². The molecule has 1 aliphatic rings. The maximum Gasteiger partial charge on any atom is 0.407 e. The first-order valence-electron chi connectivity index (χ1n) is 8.85. The zero-order valence-electron chi connectivity index (χ0n) is 15.8. The maximum atomic E-state index is 12.6. The van der Waals surface area contributed by atoms with Crippen LogP contribution in [0.4, 0.5) is 4.79 Å². The number of halogens is 2. The van der Waals surface area contributed by atoms with E-state index in [4.69, 9.17) is 27.9 Å². The molecular weight excluding hydrogens is 411 g/mol. The van der Waals surface area contributed by atoms with Gasteiger partial charge in [-0.2, -0.15) is 0 Å². The number of hydrogen-bond acceptors (Lipinski definition) is 4. The highest BCUT2D eigenvalue weighted by atomic mass is 35.5. The summed E-state index contributed by atoms with van der Waals surface area (Å²) in [6.45, 7) is 6.78. The van der Waals surface area contributed by atoms with Crippen LogP contribution >= 0.6 is 23.2 Å². The minimum atomic E-state index is -3.43. The molecule has 0 radical (unpaired) electrons. The van der Waals surface area contributed by atoms with E-state index >= 15 is 0 Å². The van der Waals surface area contributed by atoms with Crippen molar-refractivity contribution in [2.24, 2.45) is 5.92 Å². The number of alkyl carbamates (subject to hydrolysis) is 1. The second kappa shape index (κ2) is 8.99. The van der Waals surface area contributed by atoms with Crippen LogP contribution in [0.1, 0.15) is 39.2 Å². The third-order valence-corrected chi connectivity index (χ3v) is 6.82. The van der Waals surface area contributed by atoms with Gasteiger partial charge in [-0.3, -0.25) is 0 Å². The van der Waals surface area contributed by atoms with Crippen molar-refractivity contribution < 1.29 is 17.9 Å². The monoisotopic (exact) mass is 436 g/mol. The Kier molecular flexibility index (Phi) is 7.41. The predicted octanol–water partition coefficient (Wildman–Crippen LogP) is 4.06. The Balaban J connectivity index is 1.83. The van der Waals surface area contributed by atoms with E-state index in [2.05, 4.69) is 5.32 Å². The van der Waals surface area contributed by atoms with Gasteiger partial charge in [0.25, 0.3) is 0 Å². The van der Waals surface area contributed by atoms with E-state index in [0.29, 0.717) is 48.1 Å². The quantitative estimate of drug-likeness (QED) is 0.754. The summed E-state index contributed by atoms with van der Waals surface area (Å²) in [6, 6.07) is 4.85. The lowest BCUT2D eigenvalue weighted by molar-refractivity contribution is 0.0513. The molecule has 1 saturated heterocycles. The van der Waals surface area contributed by atoms with Crippen LogP contribution in [0.2, 0.25) is 10.0 Å². The molecule has 1 heterocycles. The minimum absolute atomic E-state index is 0.106. The van der Waals surface area contributed by atoms with Crippen molar-refractivity contribution in [1.29, 1.82) is 0 Å². The van der Waals surface area contributed by atoms with Crippen molar-refractivity contribution >= 4 is 39.3 Å². The highest BCUT2D eigenvalue weighted by Gasteiger charge is 2.28. The molecule has 27 heavy (non-hydrogen) atoms. The molecule has 0 bridgehead atoms. The number of benzene rings is 1. The molecule has 0 aliphatic carbocycles. The van der Waals surface area contributed by atoms with Gasteiger partial charge >= 0.3 is 6.09 Å². The molecule has 0 spiro atoms. The predicted molar refractivity (Wildman–Crippen MR) is 108 cm³/mol. The third-order valence-electron chi connectivity index (χ3n) is 4.23. The van der Waals surface area contributed by atoms with E-state index in [0.717, 1.165) is 0 Å². The number of carbonyl (C=O) groups excluding carboxylic acids is 1. The summed E-state index contributed by atoms with van der Waals surface area (Å²) in [6.07, 6.45) is 0.935. The van der Waals surface area contributed by atoms with Gasteiger partial charge in [-0.15, -0.1) is 0 Å². The molecule has 0 atom stereocenters. The number of ether oxygens (including phenoxy) is 1. The Hall–Kier alpha value is -1.02. The first-order chi connectivity index (χ1) is 12.5. The molecule has 1 aromatic carbocycles. The molecule has 0 saturated carbocycles. The average molecular weight is 437 g/mol. The fourth-order valence-corrected chi connectivity index (χ4v) is 4.74. The van der Waals surface area contributed by atoms with E-state index in [9.17, 15) is 13.2 Å². The highest BCUT2D eigenvalue weighted by Crippen LogP contribution is 2.25. The SMILES string of the molecule is CC(C)(C)OC(=O)NCC1CCN(S(=O)(=O)Cc2ccc(Cl)c(Cl)c2)CC1. The summed E-state index contributed by atoms with van der Waals surface area (Å²) >= 11 is 11.8. The number of sulfonamides is 1. The fraction of sp³-hybridized carbons (Fsp3) is 0.611. The van der Waals surface area contributed by atoms with E-state index < -0.39 is 21.7 Å². The Morgan fingerprint density at radius 3 is 2.41 bits per heavy atom. The van der Waals surface area contributed by atoms with Gasteiger partial charge < -0.3 is 10.1 Å². The van der Waals surface area contributed by atoms with Crippen LogP contribution in [0.25, 0.3) is 0 Å². The first kappa shape index (κ1) is 22.3. The van der Waals surface area contributed by atoms with Crippen LogP contribution in [0, 0.1) is 5.92 Å². The van der Waals surface area contributed by atoms with E-state index in [-0.39, 0.29) is 11.7 Å². The topological polar surface area (TPSA) is 75.7 Å². The molecule has 1 amide bonds. The van der Waals surface area contributed by atoms with E-state index in [1.165, 1.54) is 4.31 Å². The molecular formula is C18H26Cl2N2O4S. The van der Waals surface area contributed by atoms with Gasteiger partial charge in [0.2, 0.25) is 10.0 Å². The lowest BCUT2D eigenvalue weighted by Crippen LogP contribution is -2.42. The summed E-state index contributed by atoms with van der Waals surface area (Å²) in [5, 5.41) is 3.50. The second-order valence-corrected chi connectivity index (χ2v) is 10.5. The Morgan fingerprint density at radius 1 is 1.22 bits per heavy atom. The Morgan fingerprint density at radius 2 is 1.85 bits per heavy atom. The number of nitrogens with one attached hydrogen (secondary N) is 1. The van der Waals surface area contributed by atoms with Gasteiger partial charge in [-0.25, -0.2) is 17.5 Å². The number of amides is 1. The molecule has 1 aliphatic heterocycles. The number of rotatable bonds is 5. The standard InChI is InChI=1S/C18H26Cl2N2O4S/c1-18(2,3)26-17(23)21-11-13-6-8-22(9-7-13)27(24,25)12-14-4-5-15(19)16(20)10-14/h4-5,10,13H,6-9,11-12H2,1-3H3,(H,21,23). The summed E-state index contributed by atoms with van der Waals surface area (Å²) < 4.78 is 32.0. The van der Waals surface area contributed by atoms with Crippen molar-refractivity contribution in [2.75, 3.05) is 19.6 Å². The van der Waals surface area contributed by atoms with Crippen molar-refractivity contribution in [3.8, 4) is 0 Å². The van der Waals surface area contributed by atoms with Crippen LogP contribution in [0.15, 0.2) is 18.2 Å². The minimum Gasteiger partial charge on any atom is -0.444 e. The van der Waals surface area contributed by atoms with Gasteiger partial charge in [0.05, 0.1) is 15.8 Å². The van der Waals surface area contributed by atoms with Crippen molar-refractivity contribution in [3.05, 3.63) is 33.8 Å². The smallest absolute Gasteiger partial charge is 0.407 e. The Bertz CT molecular complexity index is 770.